The summed E-state index contributed by atoms with van der Waals surface area (Å²) in [5.74, 6) is 0. The second-order valence-electron chi connectivity index (χ2n) is 28.6. The standard InChI is InChI=1S/C80H164P/c1-8-15-22-29-36-43-52-61-70-79(81(76-67-58-49-40-33-26-19-12-5,77-68-59-50-41-34-27-20-13-6)78-69-60-51-42-35-28-21-14-7)71-62-53-44-48-57-66-75-80(72-63-54-45-37-30-23-16-9-2,73-64-55-46-38-31-24-17-10-3)74-65-56-47-39-32-25-18-11-4/h79H,8-78H2,1-7H3/q+1. The monoisotopic (exact) mass is 1160 g/mol. The maximum Gasteiger partial charge on any atom is 0.0697 e. The molecule has 0 bridgehead atoms. The summed E-state index contributed by atoms with van der Waals surface area (Å²) in [4.78, 5) is 0. The summed E-state index contributed by atoms with van der Waals surface area (Å²) in [5, 5.41) is 0. The summed E-state index contributed by atoms with van der Waals surface area (Å²) in [6, 6.07) is 0. The number of unbranched alkanes of at least 4 members (excludes halogenated alkanes) is 54. The van der Waals surface area contributed by atoms with Crippen LogP contribution >= 0.6 is 7.26 Å². The molecule has 0 amide bonds. The molecule has 0 saturated carbocycles. The van der Waals surface area contributed by atoms with Crippen molar-refractivity contribution in [2.45, 2.75) is 491 Å². The zero-order valence-corrected chi connectivity index (χ0v) is 59.6. The van der Waals surface area contributed by atoms with Crippen LogP contribution < -0.4 is 0 Å². The lowest BCUT2D eigenvalue weighted by atomic mass is 9.70. The van der Waals surface area contributed by atoms with Crippen LogP contribution in [0.2, 0.25) is 0 Å². The van der Waals surface area contributed by atoms with Gasteiger partial charge in [-0.3, -0.25) is 0 Å². The molecule has 0 aliphatic rings. The average Bonchev–Trinajstić information content (AvgIpc) is 3.51. The Morgan fingerprint density at radius 2 is 0.321 bits per heavy atom. The molecule has 0 aromatic carbocycles. The van der Waals surface area contributed by atoms with Crippen molar-refractivity contribution in [3.63, 3.8) is 0 Å². The van der Waals surface area contributed by atoms with E-state index in [0.717, 1.165) is 5.66 Å². The fourth-order valence-electron chi connectivity index (χ4n) is 15.0. The van der Waals surface area contributed by atoms with Crippen molar-refractivity contribution in [2.75, 3.05) is 18.5 Å². The van der Waals surface area contributed by atoms with Gasteiger partial charge in [0, 0.05) is 7.26 Å². The van der Waals surface area contributed by atoms with Gasteiger partial charge < -0.3 is 0 Å². The van der Waals surface area contributed by atoms with Gasteiger partial charge in [-0.1, -0.05) is 395 Å². The Kier molecular flexibility index (Phi) is 68.3. The van der Waals surface area contributed by atoms with E-state index in [1.165, 1.54) is 366 Å². The van der Waals surface area contributed by atoms with E-state index in [2.05, 4.69) is 48.5 Å². The first-order valence-corrected chi connectivity index (χ1v) is 42.3. The van der Waals surface area contributed by atoms with E-state index >= 15 is 0 Å². The second kappa shape index (κ2) is 67.9. The molecule has 0 fully saturated rings. The van der Waals surface area contributed by atoms with Gasteiger partial charge >= 0.3 is 0 Å². The lowest BCUT2D eigenvalue weighted by Gasteiger charge is -2.36. The van der Waals surface area contributed by atoms with E-state index in [1.807, 2.05) is 0 Å². The first-order chi connectivity index (χ1) is 40.0. The van der Waals surface area contributed by atoms with Crippen LogP contribution in [0.1, 0.15) is 485 Å². The zero-order valence-electron chi connectivity index (χ0n) is 58.7. The van der Waals surface area contributed by atoms with Crippen LogP contribution in [0.15, 0.2) is 0 Å². The maximum atomic E-state index is 2.38. The normalized spacial score (nSPS) is 12.6. The third kappa shape index (κ3) is 55.5. The molecule has 0 N–H and O–H groups in total. The van der Waals surface area contributed by atoms with E-state index in [4.69, 9.17) is 0 Å². The molecule has 1 atom stereocenters. The van der Waals surface area contributed by atoms with Crippen molar-refractivity contribution in [3.05, 3.63) is 0 Å². The van der Waals surface area contributed by atoms with Gasteiger partial charge in [0.1, 0.15) is 0 Å². The summed E-state index contributed by atoms with van der Waals surface area (Å²) in [7, 11) is -1.02. The molecular formula is C80H164P+. The molecule has 0 saturated heterocycles. The Hall–Kier alpha value is 0.430. The zero-order chi connectivity index (χ0) is 58.8. The summed E-state index contributed by atoms with van der Waals surface area (Å²) >= 11 is 0. The minimum absolute atomic E-state index is 0.640. The lowest BCUT2D eigenvalue weighted by molar-refractivity contribution is 0.171. The van der Waals surface area contributed by atoms with E-state index in [-0.39, 0.29) is 0 Å². The van der Waals surface area contributed by atoms with Gasteiger partial charge in [-0.25, -0.2) is 0 Å². The lowest BCUT2D eigenvalue weighted by Crippen LogP contribution is -2.23. The Labute approximate surface area is 519 Å². The predicted molar refractivity (Wildman–Crippen MR) is 381 cm³/mol. The van der Waals surface area contributed by atoms with Crippen LogP contribution in [0.3, 0.4) is 0 Å². The fourth-order valence-corrected chi connectivity index (χ4v) is 20.8. The van der Waals surface area contributed by atoms with Crippen LogP contribution in [0.5, 0.6) is 0 Å². The van der Waals surface area contributed by atoms with Crippen LogP contribution in [0, 0.1) is 5.41 Å². The minimum Gasteiger partial charge on any atom is -0.0654 e. The first kappa shape index (κ1) is 81.4. The highest BCUT2D eigenvalue weighted by atomic mass is 31.2. The fraction of sp³-hybridized carbons (Fsp3) is 1.00. The Bertz CT molecular complexity index is 1010. The molecule has 0 aliphatic heterocycles. The van der Waals surface area contributed by atoms with Crippen molar-refractivity contribution in [2.24, 2.45) is 5.41 Å². The summed E-state index contributed by atoms with van der Waals surface area (Å²) in [6.07, 6.45) is 107. The third-order valence-electron chi connectivity index (χ3n) is 20.7. The molecule has 0 nitrogen and oxygen atoms in total. The number of rotatable bonds is 73. The van der Waals surface area contributed by atoms with Crippen LogP contribution in [-0.4, -0.2) is 24.1 Å². The molecule has 1 heteroatoms. The van der Waals surface area contributed by atoms with E-state index in [0.29, 0.717) is 5.41 Å². The molecule has 0 heterocycles. The molecule has 1 unspecified atom stereocenters. The molecule has 0 aromatic rings. The van der Waals surface area contributed by atoms with Crippen molar-refractivity contribution in [1.29, 1.82) is 0 Å². The van der Waals surface area contributed by atoms with Crippen LogP contribution in [0.4, 0.5) is 0 Å². The predicted octanol–water partition coefficient (Wildman–Crippen LogP) is 31.0. The smallest absolute Gasteiger partial charge is 0.0654 e. The van der Waals surface area contributed by atoms with Crippen molar-refractivity contribution in [1.82, 2.24) is 0 Å². The largest absolute Gasteiger partial charge is 0.0697 e. The van der Waals surface area contributed by atoms with Gasteiger partial charge in [0.15, 0.2) is 0 Å². The van der Waals surface area contributed by atoms with Crippen LogP contribution in [-0.2, 0) is 0 Å². The molecule has 0 spiro atoms. The van der Waals surface area contributed by atoms with Gasteiger partial charge in [0.25, 0.3) is 0 Å². The van der Waals surface area contributed by atoms with Crippen molar-refractivity contribution >= 4 is 7.26 Å². The van der Waals surface area contributed by atoms with Crippen molar-refractivity contribution in [3.8, 4) is 0 Å². The van der Waals surface area contributed by atoms with Gasteiger partial charge in [-0.2, -0.15) is 0 Å². The molecule has 0 aliphatic carbocycles. The maximum absolute atomic E-state index is 2.38. The van der Waals surface area contributed by atoms with E-state index in [9.17, 15) is 0 Å². The quantitative estimate of drug-likeness (QED) is 0.0421. The summed E-state index contributed by atoms with van der Waals surface area (Å²) in [5.41, 5.74) is 1.72. The Morgan fingerprint density at radius 1 is 0.173 bits per heavy atom. The average molecular weight is 1160 g/mol. The highest BCUT2D eigenvalue weighted by Gasteiger charge is 2.43. The van der Waals surface area contributed by atoms with E-state index < -0.39 is 7.26 Å². The number of hydrogen-bond donors (Lipinski definition) is 0. The van der Waals surface area contributed by atoms with Crippen LogP contribution in [0.25, 0.3) is 0 Å². The topological polar surface area (TPSA) is 0 Å². The number of hydrogen-bond acceptors (Lipinski definition) is 0. The molecule has 0 radical (unpaired) electrons. The second-order valence-corrected chi connectivity index (χ2v) is 33.1. The van der Waals surface area contributed by atoms with Gasteiger partial charge in [-0.05, 0) is 95.3 Å². The van der Waals surface area contributed by atoms with E-state index in [1.54, 1.807) is 89.1 Å². The third-order valence-corrected chi connectivity index (χ3v) is 26.4. The summed E-state index contributed by atoms with van der Waals surface area (Å²) in [6.45, 7) is 16.6. The highest BCUT2D eigenvalue weighted by Crippen LogP contribution is 2.67. The first-order valence-electron chi connectivity index (χ1n) is 39.9. The molecular weight excluding hydrogens is 992 g/mol. The molecule has 488 valence electrons. The summed E-state index contributed by atoms with van der Waals surface area (Å²) < 4.78 is 0. The minimum atomic E-state index is -1.02. The Balaban J connectivity index is 6.25. The van der Waals surface area contributed by atoms with Gasteiger partial charge in [-0.15, -0.1) is 0 Å². The van der Waals surface area contributed by atoms with Gasteiger partial charge in [0.05, 0.1) is 24.1 Å². The molecule has 81 heavy (non-hydrogen) atoms. The molecule has 0 aromatic heterocycles. The molecule has 0 rings (SSSR count). The van der Waals surface area contributed by atoms with Crippen molar-refractivity contribution < 1.29 is 0 Å². The SMILES string of the molecule is CCCCCCCCCCC(CCCCCCCCC(CCCCCCCCCC)(CCCCCCCCCC)CCCCCCCCCC)[P+](CCCCCCCCCC)(CCCCCCCCCC)CCCCCCCCCC. The van der Waals surface area contributed by atoms with Gasteiger partial charge in [0.2, 0.25) is 0 Å². The Morgan fingerprint density at radius 3 is 0.506 bits per heavy atom. The highest BCUT2D eigenvalue weighted by molar-refractivity contribution is 7.76.